The zero-order valence-corrected chi connectivity index (χ0v) is 15.2. The van der Waals surface area contributed by atoms with Gasteiger partial charge in [-0.25, -0.2) is 8.78 Å². The number of fused-ring (bicyclic) bond motifs is 1. The molecule has 0 saturated heterocycles. The molecule has 0 spiro atoms. The Labute approximate surface area is 161 Å². The van der Waals surface area contributed by atoms with E-state index in [9.17, 15) is 18.4 Å². The third-order valence-corrected chi connectivity index (χ3v) is 4.66. The van der Waals surface area contributed by atoms with Gasteiger partial charge in [0.2, 0.25) is 0 Å². The van der Waals surface area contributed by atoms with Gasteiger partial charge in [0.15, 0.2) is 12.4 Å². The van der Waals surface area contributed by atoms with Crippen LogP contribution in [0.2, 0.25) is 0 Å². The number of nitriles is 1. The predicted molar refractivity (Wildman–Crippen MR) is 98.2 cm³/mol. The van der Waals surface area contributed by atoms with Gasteiger partial charge in [-0.15, -0.1) is 0 Å². The summed E-state index contributed by atoms with van der Waals surface area (Å²) in [4.78, 5) is 26.2. The smallest absolute Gasteiger partial charge is 0.264 e. The molecule has 0 saturated carbocycles. The molecule has 2 aromatic rings. The van der Waals surface area contributed by atoms with Crippen molar-refractivity contribution >= 4 is 17.4 Å². The van der Waals surface area contributed by atoms with Gasteiger partial charge in [0, 0.05) is 24.2 Å². The number of anilines is 1. The maximum atomic E-state index is 14.1. The lowest BCUT2D eigenvalue weighted by Crippen LogP contribution is -2.35. The molecule has 0 aliphatic heterocycles. The van der Waals surface area contributed by atoms with Gasteiger partial charge in [0.1, 0.15) is 17.4 Å². The molecule has 0 heterocycles. The van der Waals surface area contributed by atoms with Crippen molar-refractivity contribution < 1.29 is 23.1 Å². The Kier molecular flexibility index (Phi) is 5.69. The maximum Gasteiger partial charge on any atom is 0.264 e. The number of Topliss-reactive ketones (excluding diaryl/α,β-unsaturated/α-hetero) is 1. The van der Waals surface area contributed by atoms with Crippen molar-refractivity contribution in [2.75, 3.05) is 18.1 Å². The summed E-state index contributed by atoms with van der Waals surface area (Å²) in [6.45, 7) is 1.48. The molecule has 1 aliphatic carbocycles. The van der Waals surface area contributed by atoms with Crippen molar-refractivity contribution in [1.29, 1.82) is 5.26 Å². The minimum atomic E-state index is -0.464. The number of nitrogens with zero attached hydrogens (tertiary/aromatic N) is 2. The number of hydrogen-bond donors (Lipinski definition) is 0. The van der Waals surface area contributed by atoms with Crippen LogP contribution in [0.5, 0.6) is 5.75 Å². The molecule has 0 bridgehead atoms. The van der Waals surface area contributed by atoms with E-state index in [-0.39, 0.29) is 42.4 Å². The zero-order chi connectivity index (χ0) is 20.3. The molecule has 1 atom stereocenters. The highest BCUT2D eigenvalue weighted by Gasteiger charge is 2.32. The highest BCUT2D eigenvalue weighted by Crippen LogP contribution is 2.39. The molecule has 0 fully saturated rings. The molecule has 0 aromatic heterocycles. The number of carbonyl (C=O) groups is 2. The Morgan fingerprint density at radius 1 is 1.25 bits per heavy atom. The molecule has 28 heavy (non-hydrogen) atoms. The fourth-order valence-electron chi connectivity index (χ4n) is 3.34. The maximum absolute atomic E-state index is 14.1. The Morgan fingerprint density at radius 2 is 1.96 bits per heavy atom. The number of amides is 1. The lowest BCUT2D eigenvalue weighted by Gasteiger charge is -2.22. The first-order valence-corrected chi connectivity index (χ1v) is 8.83. The number of carbonyl (C=O) groups excluding carboxylic acids is 2. The summed E-state index contributed by atoms with van der Waals surface area (Å²) in [5.41, 5.74) is 0.930. The van der Waals surface area contributed by atoms with Crippen LogP contribution in [0.15, 0.2) is 36.4 Å². The van der Waals surface area contributed by atoms with Gasteiger partial charge < -0.3 is 9.64 Å². The van der Waals surface area contributed by atoms with Crippen LogP contribution in [-0.4, -0.2) is 24.8 Å². The van der Waals surface area contributed by atoms with Crippen molar-refractivity contribution in [3.05, 3.63) is 59.2 Å². The molecule has 7 heteroatoms. The average Bonchev–Trinajstić information content (AvgIpc) is 2.98. The van der Waals surface area contributed by atoms with Crippen LogP contribution >= 0.6 is 0 Å². The van der Waals surface area contributed by atoms with Gasteiger partial charge in [0.05, 0.1) is 18.1 Å². The van der Waals surface area contributed by atoms with Crippen LogP contribution in [-0.2, 0) is 4.79 Å². The van der Waals surface area contributed by atoms with E-state index in [0.717, 1.165) is 0 Å². The summed E-state index contributed by atoms with van der Waals surface area (Å²) in [5.74, 6) is -1.66. The standard InChI is InChI=1S/C21H18F2N2O3/c1-13-11-17(26)21-18(8-7-16(23)20(13)21)28-12-19(27)25(10-2-9-24)15-5-3-14(22)4-6-15/h3-8,13H,2,10-12H2,1H3/t13-/m1/s1. The quantitative estimate of drug-likeness (QED) is 0.755. The van der Waals surface area contributed by atoms with Crippen molar-refractivity contribution in [2.45, 2.75) is 25.7 Å². The molecule has 3 rings (SSSR count). The van der Waals surface area contributed by atoms with Gasteiger partial charge in [-0.1, -0.05) is 6.92 Å². The fourth-order valence-corrected chi connectivity index (χ4v) is 3.34. The van der Waals surface area contributed by atoms with E-state index in [2.05, 4.69) is 0 Å². The summed E-state index contributed by atoms with van der Waals surface area (Å²) < 4.78 is 32.8. The molecular formula is C21H18F2N2O3. The van der Waals surface area contributed by atoms with Gasteiger partial charge >= 0.3 is 0 Å². The van der Waals surface area contributed by atoms with E-state index < -0.39 is 24.1 Å². The normalized spacial score (nSPS) is 15.1. The minimum absolute atomic E-state index is 0.0884. The van der Waals surface area contributed by atoms with Crippen LogP contribution < -0.4 is 9.64 Å². The van der Waals surface area contributed by atoms with Crippen molar-refractivity contribution in [3.8, 4) is 11.8 Å². The van der Waals surface area contributed by atoms with E-state index >= 15 is 0 Å². The molecule has 0 N–H and O–H groups in total. The molecule has 1 amide bonds. The van der Waals surface area contributed by atoms with Crippen LogP contribution in [0.3, 0.4) is 0 Å². The number of ketones is 1. The summed E-state index contributed by atoms with van der Waals surface area (Å²) in [6, 6.07) is 9.84. The number of rotatable bonds is 6. The molecule has 1 aliphatic rings. The number of ether oxygens (including phenoxy) is 1. The highest BCUT2D eigenvalue weighted by molar-refractivity contribution is 6.04. The fraction of sp³-hybridized carbons (Fsp3) is 0.286. The van der Waals surface area contributed by atoms with Gasteiger partial charge in [-0.2, -0.15) is 5.26 Å². The van der Waals surface area contributed by atoms with Gasteiger partial charge in [-0.3, -0.25) is 9.59 Å². The molecular weight excluding hydrogens is 366 g/mol. The molecule has 2 aromatic carbocycles. The SMILES string of the molecule is C[C@@H]1CC(=O)c2c(OCC(=O)N(CCC#N)c3ccc(F)cc3)ccc(F)c21. The molecule has 0 radical (unpaired) electrons. The largest absolute Gasteiger partial charge is 0.483 e. The third-order valence-electron chi connectivity index (χ3n) is 4.66. The summed E-state index contributed by atoms with van der Waals surface area (Å²) in [7, 11) is 0. The van der Waals surface area contributed by atoms with Crippen LogP contribution in [0.4, 0.5) is 14.5 Å². The van der Waals surface area contributed by atoms with Gasteiger partial charge in [-0.05, 0) is 42.3 Å². The van der Waals surface area contributed by atoms with Crippen LogP contribution in [0.1, 0.15) is 41.6 Å². The highest BCUT2D eigenvalue weighted by atomic mass is 19.1. The topological polar surface area (TPSA) is 70.4 Å². The van der Waals surface area contributed by atoms with Crippen molar-refractivity contribution in [2.24, 2.45) is 0 Å². The second-order valence-electron chi connectivity index (χ2n) is 6.58. The summed E-state index contributed by atoms with van der Waals surface area (Å²) in [6.07, 6.45) is 0.287. The summed E-state index contributed by atoms with van der Waals surface area (Å²) >= 11 is 0. The first-order valence-electron chi connectivity index (χ1n) is 8.83. The monoisotopic (exact) mass is 384 g/mol. The Balaban J connectivity index is 1.79. The number of halogens is 2. The van der Waals surface area contributed by atoms with Crippen molar-refractivity contribution in [1.82, 2.24) is 0 Å². The Hall–Kier alpha value is -3.27. The Morgan fingerprint density at radius 3 is 2.64 bits per heavy atom. The van der Waals surface area contributed by atoms with E-state index in [0.29, 0.717) is 11.3 Å². The van der Waals surface area contributed by atoms with Gasteiger partial charge in [0.25, 0.3) is 5.91 Å². The Bertz CT molecular complexity index is 951. The summed E-state index contributed by atoms with van der Waals surface area (Å²) in [5, 5.41) is 8.83. The van der Waals surface area contributed by atoms with E-state index in [1.807, 2.05) is 6.07 Å². The van der Waals surface area contributed by atoms with Crippen LogP contribution in [0, 0.1) is 23.0 Å². The predicted octanol–water partition coefficient (Wildman–Crippen LogP) is 3.98. The number of hydrogen-bond acceptors (Lipinski definition) is 4. The van der Waals surface area contributed by atoms with E-state index in [1.165, 1.54) is 41.3 Å². The zero-order valence-electron chi connectivity index (χ0n) is 15.2. The van der Waals surface area contributed by atoms with E-state index in [4.69, 9.17) is 10.00 Å². The van der Waals surface area contributed by atoms with Crippen LogP contribution in [0.25, 0.3) is 0 Å². The van der Waals surface area contributed by atoms with E-state index in [1.54, 1.807) is 6.92 Å². The average molecular weight is 384 g/mol. The van der Waals surface area contributed by atoms with Crippen molar-refractivity contribution in [3.63, 3.8) is 0 Å². The minimum Gasteiger partial charge on any atom is -0.483 e. The molecule has 144 valence electrons. The molecule has 5 nitrogen and oxygen atoms in total. The second kappa shape index (κ2) is 8.17. The first-order chi connectivity index (χ1) is 13.4. The second-order valence-corrected chi connectivity index (χ2v) is 6.58. The first kappa shape index (κ1) is 19.5. The number of benzene rings is 2. The lowest BCUT2D eigenvalue weighted by atomic mass is 10.0. The lowest BCUT2D eigenvalue weighted by molar-refractivity contribution is -0.120. The molecule has 0 unspecified atom stereocenters. The third kappa shape index (κ3) is 3.86.